The Kier molecular flexibility index (Phi) is 4.82. The molecule has 1 saturated heterocycles. The van der Waals surface area contributed by atoms with E-state index in [0.29, 0.717) is 6.54 Å². The maximum Gasteiger partial charge on any atom is 0.334 e. The molecule has 0 aliphatic carbocycles. The number of amides is 1. The average molecular weight is 245 g/mol. The van der Waals surface area contributed by atoms with Gasteiger partial charge in [0.25, 0.3) is 0 Å². The molecule has 1 unspecified atom stereocenters. The Morgan fingerprint density at radius 1 is 1.50 bits per heavy atom. The van der Waals surface area contributed by atoms with Gasteiger partial charge in [0.2, 0.25) is 5.91 Å². The van der Waals surface area contributed by atoms with E-state index in [4.69, 9.17) is 9.84 Å². The highest BCUT2D eigenvalue weighted by Gasteiger charge is 2.31. The largest absolute Gasteiger partial charge is 0.479 e. The summed E-state index contributed by atoms with van der Waals surface area (Å²) in [7, 11) is 0. The zero-order valence-corrected chi connectivity index (χ0v) is 10.1. The fourth-order valence-corrected chi connectivity index (χ4v) is 1.75. The number of carboxylic acids is 1. The van der Waals surface area contributed by atoms with Gasteiger partial charge in [0.05, 0.1) is 12.6 Å². The van der Waals surface area contributed by atoms with Gasteiger partial charge >= 0.3 is 5.97 Å². The van der Waals surface area contributed by atoms with E-state index in [9.17, 15) is 9.59 Å². The smallest absolute Gasteiger partial charge is 0.334 e. The first-order chi connectivity index (χ1) is 7.54. The Morgan fingerprint density at radius 2 is 2.19 bits per heavy atom. The van der Waals surface area contributed by atoms with Crippen molar-refractivity contribution in [1.29, 1.82) is 0 Å². The van der Waals surface area contributed by atoms with E-state index in [1.807, 2.05) is 6.26 Å². The van der Waals surface area contributed by atoms with Crippen LogP contribution in [0.3, 0.4) is 0 Å². The topological polar surface area (TPSA) is 66.8 Å². The van der Waals surface area contributed by atoms with Gasteiger partial charge < -0.3 is 14.7 Å². The Labute approximate surface area is 98.4 Å². The van der Waals surface area contributed by atoms with Crippen molar-refractivity contribution < 1.29 is 19.4 Å². The predicted molar refractivity (Wildman–Crippen MR) is 61.2 cm³/mol. The molecule has 6 heteroatoms. The summed E-state index contributed by atoms with van der Waals surface area (Å²) in [5.41, 5.74) is 0. The summed E-state index contributed by atoms with van der Waals surface area (Å²) in [5.74, 6) is -1.20. The molecule has 0 aromatic carbocycles. The molecule has 5 nitrogen and oxygen atoms in total. The fraction of sp³-hybridized carbons (Fsp3) is 0.600. The third-order valence-corrected chi connectivity index (χ3v) is 2.60. The standard InChI is InChI=1S/C10H15NO4S/c1-7-5-11(9(12)3-4-16-2)6-8(15-7)10(13)14/h3-4,7-8H,5-6H2,1-2H3,(H,13,14)/b4-3+/t7-,8?/m1/s1. The molecular formula is C10H15NO4S. The Balaban J connectivity index is 2.63. The Bertz CT molecular complexity index is 305. The van der Waals surface area contributed by atoms with Crippen molar-refractivity contribution in [1.82, 2.24) is 4.90 Å². The number of ether oxygens (including phenoxy) is 1. The molecule has 1 heterocycles. The number of hydrogen-bond donors (Lipinski definition) is 1. The number of carboxylic acid groups (broad SMARTS) is 1. The van der Waals surface area contributed by atoms with Gasteiger partial charge in [0, 0.05) is 12.6 Å². The summed E-state index contributed by atoms with van der Waals surface area (Å²) in [5, 5.41) is 10.5. The van der Waals surface area contributed by atoms with Gasteiger partial charge in [-0.15, -0.1) is 11.8 Å². The first-order valence-corrected chi connectivity index (χ1v) is 6.20. The molecule has 16 heavy (non-hydrogen) atoms. The van der Waals surface area contributed by atoms with Crippen molar-refractivity contribution in [3.8, 4) is 0 Å². The second-order valence-corrected chi connectivity index (χ2v) is 4.30. The SMILES string of the molecule is CS/C=C/C(=O)N1CC(C(=O)O)O[C@H](C)C1. The van der Waals surface area contributed by atoms with E-state index in [1.165, 1.54) is 22.7 Å². The molecule has 0 aromatic rings. The molecule has 0 aromatic heterocycles. The third kappa shape index (κ3) is 3.53. The highest BCUT2D eigenvalue weighted by atomic mass is 32.2. The Hall–Kier alpha value is -1.01. The molecule has 2 atom stereocenters. The van der Waals surface area contributed by atoms with Gasteiger partial charge in [-0.05, 0) is 18.6 Å². The van der Waals surface area contributed by atoms with Crippen molar-refractivity contribution in [3.63, 3.8) is 0 Å². The molecule has 0 spiro atoms. The molecule has 0 saturated carbocycles. The van der Waals surface area contributed by atoms with Crippen LogP contribution in [0.4, 0.5) is 0 Å². The van der Waals surface area contributed by atoms with E-state index in [0.717, 1.165) is 0 Å². The molecule has 1 rings (SSSR count). The molecule has 1 fully saturated rings. The molecule has 0 radical (unpaired) electrons. The van der Waals surface area contributed by atoms with Crippen LogP contribution in [0, 0.1) is 0 Å². The molecule has 1 N–H and O–H groups in total. The number of carbonyl (C=O) groups is 2. The zero-order valence-electron chi connectivity index (χ0n) is 9.25. The lowest BCUT2D eigenvalue weighted by atomic mass is 10.2. The molecule has 90 valence electrons. The van der Waals surface area contributed by atoms with Crippen LogP contribution < -0.4 is 0 Å². The highest BCUT2D eigenvalue weighted by molar-refractivity contribution is 8.01. The molecular weight excluding hydrogens is 230 g/mol. The van der Waals surface area contributed by atoms with Crippen LogP contribution in [0.1, 0.15) is 6.92 Å². The minimum Gasteiger partial charge on any atom is -0.479 e. The second-order valence-electron chi connectivity index (χ2n) is 3.56. The normalized spacial score (nSPS) is 26.0. The van der Waals surface area contributed by atoms with Gasteiger partial charge in [-0.25, -0.2) is 4.79 Å². The number of aliphatic carboxylic acids is 1. The summed E-state index contributed by atoms with van der Waals surface area (Å²) < 4.78 is 5.21. The van der Waals surface area contributed by atoms with E-state index in [2.05, 4.69) is 0 Å². The molecule has 0 bridgehead atoms. The van der Waals surface area contributed by atoms with Crippen molar-refractivity contribution in [2.75, 3.05) is 19.3 Å². The summed E-state index contributed by atoms with van der Waals surface area (Å²) in [6, 6.07) is 0. The maximum atomic E-state index is 11.6. The highest BCUT2D eigenvalue weighted by Crippen LogP contribution is 2.12. The van der Waals surface area contributed by atoms with Crippen LogP contribution in [0.15, 0.2) is 11.5 Å². The minimum atomic E-state index is -1.03. The zero-order chi connectivity index (χ0) is 12.1. The number of rotatable bonds is 3. The summed E-state index contributed by atoms with van der Waals surface area (Å²) in [4.78, 5) is 23.9. The van der Waals surface area contributed by atoms with Crippen molar-refractivity contribution in [2.24, 2.45) is 0 Å². The van der Waals surface area contributed by atoms with Gasteiger partial charge in [-0.2, -0.15) is 0 Å². The number of carbonyl (C=O) groups excluding carboxylic acids is 1. The first-order valence-electron chi connectivity index (χ1n) is 4.91. The van der Waals surface area contributed by atoms with E-state index < -0.39 is 12.1 Å². The third-order valence-electron chi connectivity index (χ3n) is 2.19. The summed E-state index contributed by atoms with van der Waals surface area (Å²) >= 11 is 1.43. The number of hydrogen-bond acceptors (Lipinski definition) is 4. The van der Waals surface area contributed by atoms with Crippen LogP contribution in [0.25, 0.3) is 0 Å². The minimum absolute atomic E-state index is 0.108. The van der Waals surface area contributed by atoms with Crippen LogP contribution in [0.2, 0.25) is 0 Å². The number of thioether (sulfide) groups is 1. The fourth-order valence-electron chi connectivity index (χ4n) is 1.50. The van der Waals surface area contributed by atoms with Gasteiger partial charge in [-0.3, -0.25) is 4.79 Å². The lowest BCUT2D eigenvalue weighted by Crippen LogP contribution is -2.51. The molecule has 1 aliphatic rings. The average Bonchev–Trinajstić information content (AvgIpc) is 2.24. The Morgan fingerprint density at radius 3 is 2.75 bits per heavy atom. The van der Waals surface area contributed by atoms with Crippen LogP contribution >= 0.6 is 11.8 Å². The van der Waals surface area contributed by atoms with E-state index in [1.54, 1.807) is 12.3 Å². The monoisotopic (exact) mass is 245 g/mol. The lowest BCUT2D eigenvalue weighted by molar-refractivity contribution is -0.165. The van der Waals surface area contributed by atoms with Crippen molar-refractivity contribution >= 4 is 23.6 Å². The van der Waals surface area contributed by atoms with Gasteiger partial charge in [0.1, 0.15) is 0 Å². The quantitative estimate of drug-likeness (QED) is 0.736. The van der Waals surface area contributed by atoms with Crippen LogP contribution in [-0.4, -0.2) is 53.4 Å². The van der Waals surface area contributed by atoms with Crippen LogP contribution in [0.5, 0.6) is 0 Å². The number of morpholine rings is 1. The molecule has 1 amide bonds. The summed E-state index contributed by atoms with van der Waals surface area (Å²) in [6.07, 6.45) is 2.13. The molecule has 1 aliphatic heterocycles. The number of nitrogens with zero attached hydrogens (tertiary/aromatic N) is 1. The van der Waals surface area contributed by atoms with E-state index >= 15 is 0 Å². The predicted octanol–water partition coefficient (Wildman–Crippen LogP) is 0.564. The second kappa shape index (κ2) is 5.91. The van der Waals surface area contributed by atoms with Gasteiger partial charge in [0.15, 0.2) is 6.10 Å². The summed E-state index contributed by atoms with van der Waals surface area (Å²) in [6.45, 7) is 2.30. The van der Waals surface area contributed by atoms with E-state index in [-0.39, 0.29) is 18.6 Å². The van der Waals surface area contributed by atoms with Gasteiger partial charge in [-0.1, -0.05) is 0 Å². The van der Waals surface area contributed by atoms with Crippen molar-refractivity contribution in [3.05, 3.63) is 11.5 Å². The lowest BCUT2D eigenvalue weighted by Gasteiger charge is -2.34. The first kappa shape index (κ1) is 13.1. The van der Waals surface area contributed by atoms with Crippen LogP contribution in [-0.2, 0) is 14.3 Å². The maximum absolute atomic E-state index is 11.6. The van der Waals surface area contributed by atoms with Crippen molar-refractivity contribution in [2.45, 2.75) is 19.1 Å².